The minimum atomic E-state index is 0.0524. The Kier molecular flexibility index (Phi) is 6.39. The van der Waals surface area contributed by atoms with Crippen LogP contribution in [0.1, 0.15) is 12.5 Å². The molecule has 0 radical (unpaired) electrons. The number of hydrogen-bond acceptors (Lipinski definition) is 5. The van der Waals surface area contributed by atoms with Crippen molar-refractivity contribution in [2.24, 2.45) is 5.10 Å². The van der Waals surface area contributed by atoms with Crippen LogP contribution in [0.5, 0.6) is 17.2 Å². The van der Waals surface area contributed by atoms with Crippen molar-refractivity contribution < 1.29 is 14.6 Å². The summed E-state index contributed by atoms with van der Waals surface area (Å²) in [6.07, 6.45) is 1.55. The van der Waals surface area contributed by atoms with E-state index in [2.05, 4.69) is 15.8 Å². The Balaban J connectivity index is 1.87. The van der Waals surface area contributed by atoms with Crippen LogP contribution in [0.2, 0.25) is 0 Å². The predicted molar refractivity (Wildman–Crippen MR) is 99.2 cm³/mol. The van der Waals surface area contributed by atoms with E-state index >= 15 is 0 Å². The molecule has 0 aliphatic carbocycles. The zero-order chi connectivity index (χ0) is 17.4. The van der Waals surface area contributed by atoms with Gasteiger partial charge in [0.2, 0.25) is 0 Å². The van der Waals surface area contributed by atoms with Crippen molar-refractivity contribution in [2.75, 3.05) is 19.0 Å². The van der Waals surface area contributed by atoms with Gasteiger partial charge in [0.15, 0.2) is 16.6 Å². The van der Waals surface area contributed by atoms with Crippen LogP contribution in [0.4, 0.5) is 5.69 Å². The lowest BCUT2D eigenvalue weighted by atomic mass is 10.2. The molecular weight excluding hydrogens is 326 g/mol. The van der Waals surface area contributed by atoms with Crippen molar-refractivity contribution in [2.45, 2.75) is 6.92 Å². The second-order valence-corrected chi connectivity index (χ2v) is 5.12. The Morgan fingerprint density at radius 2 is 2.00 bits per heavy atom. The molecule has 2 aromatic rings. The minimum Gasteiger partial charge on any atom is -0.504 e. The molecule has 2 aromatic carbocycles. The number of nitrogens with zero attached hydrogens (tertiary/aromatic N) is 1. The summed E-state index contributed by atoms with van der Waals surface area (Å²) in [5.41, 5.74) is 4.25. The first-order chi connectivity index (χ1) is 11.6. The second-order valence-electron chi connectivity index (χ2n) is 4.71. The zero-order valence-corrected chi connectivity index (χ0v) is 14.3. The van der Waals surface area contributed by atoms with Gasteiger partial charge < -0.3 is 19.9 Å². The van der Waals surface area contributed by atoms with Gasteiger partial charge in [-0.15, -0.1) is 0 Å². The van der Waals surface area contributed by atoms with E-state index in [1.807, 2.05) is 31.2 Å². The molecule has 0 unspecified atom stereocenters. The number of phenolic OH excluding ortho intramolecular Hbond substituents is 1. The van der Waals surface area contributed by atoms with E-state index in [9.17, 15) is 5.11 Å². The Labute approximate surface area is 146 Å². The fourth-order valence-electron chi connectivity index (χ4n) is 1.91. The number of hydrogen-bond donors (Lipinski definition) is 3. The molecule has 0 fully saturated rings. The summed E-state index contributed by atoms with van der Waals surface area (Å²) in [6, 6.07) is 12.4. The van der Waals surface area contributed by atoms with Crippen LogP contribution in [-0.2, 0) is 0 Å². The molecule has 0 spiro atoms. The van der Waals surface area contributed by atoms with Gasteiger partial charge in [0.25, 0.3) is 0 Å². The molecule has 0 aliphatic rings. The number of aromatic hydroxyl groups is 1. The largest absolute Gasteiger partial charge is 0.504 e. The first-order valence-corrected chi connectivity index (χ1v) is 7.73. The van der Waals surface area contributed by atoms with Gasteiger partial charge in [-0.25, -0.2) is 0 Å². The fourth-order valence-corrected chi connectivity index (χ4v) is 2.08. The van der Waals surface area contributed by atoms with Crippen molar-refractivity contribution in [1.29, 1.82) is 0 Å². The maximum Gasteiger partial charge on any atom is 0.191 e. The molecule has 0 saturated heterocycles. The Hall–Kier alpha value is -2.80. The molecule has 0 aliphatic heterocycles. The second kappa shape index (κ2) is 8.73. The number of rotatable bonds is 6. The maximum absolute atomic E-state index is 9.70. The average Bonchev–Trinajstić information content (AvgIpc) is 2.57. The number of benzene rings is 2. The highest BCUT2D eigenvalue weighted by atomic mass is 32.1. The quantitative estimate of drug-likeness (QED) is 0.424. The predicted octanol–water partition coefficient (Wildman–Crippen LogP) is 3.12. The normalized spacial score (nSPS) is 10.4. The van der Waals surface area contributed by atoms with Gasteiger partial charge in [0, 0.05) is 5.69 Å². The summed E-state index contributed by atoms with van der Waals surface area (Å²) >= 11 is 5.16. The van der Waals surface area contributed by atoms with Crippen LogP contribution in [0.25, 0.3) is 0 Å². The van der Waals surface area contributed by atoms with Crippen molar-refractivity contribution in [3.05, 3.63) is 48.0 Å². The number of nitrogens with one attached hydrogen (secondary N) is 2. The van der Waals surface area contributed by atoms with E-state index in [0.717, 1.165) is 11.4 Å². The molecule has 3 N–H and O–H groups in total. The van der Waals surface area contributed by atoms with Gasteiger partial charge in [0.05, 0.1) is 19.9 Å². The molecule has 0 bridgehead atoms. The standard InChI is InChI=1S/C17H19N3O3S/c1-3-23-14-7-5-13(6-8-14)19-17(24)20-18-11-12-4-9-16(22-2)15(21)10-12/h4-11,21H,3H2,1-2H3,(H2,19,20,24)/b18-11-. The third kappa shape index (κ3) is 5.13. The van der Waals surface area contributed by atoms with Crippen molar-refractivity contribution in [1.82, 2.24) is 5.43 Å². The maximum atomic E-state index is 9.70. The van der Waals surface area contributed by atoms with Gasteiger partial charge in [-0.3, -0.25) is 5.43 Å². The number of thiocarbonyl (C=S) groups is 1. The summed E-state index contributed by atoms with van der Waals surface area (Å²) in [5, 5.41) is 17.1. The summed E-state index contributed by atoms with van der Waals surface area (Å²) in [5.74, 6) is 1.27. The van der Waals surface area contributed by atoms with Crippen LogP contribution in [-0.4, -0.2) is 30.2 Å². The highest BCUT2D eigenvalue weighted by Gasteiger charge is 2.01. The van der Waals surface area contributed by atoms with Crippen molar-refractivity contribution in [3.63, 3.8) is 0 Å². The molecular formula is C17H19N3O3S. The Bertz CT molecular complexity index is 718. The minimum absolute atomic E-state index is 0.0524. The van der Waals surface area contributed by atoms with Crippen LogP contribution in [0.3, 0.4) is 0 Å². The molecule has 0 heterocycles. The number of phenols is 1. The van der Waals surface area contributed by atoms with Gasteiger partial charge in [-0.2, -0.15) is 5.10 Å². The monoisotopic (exact) mass is 345 g/mol. The van der Waals surface area contributed by atoms with E-state index in [1.54, 1.807) is 24.4 Å². The molecule has 0 saturated carbocycles. The molecule has 7 heteroatoms. The molecule has 0 atom stereocenters. The van der Waals surface area contributed by atoms with Gasteiger partial charge in [0.1, 0.15) is 5.75 Å². The number of methoxy groups -OCH3 is 1. The molecule has 6 nitrogen and oxygen atoms in total. The summed E-state index contributed by atoms with van der Waals surface area (Å²) in [6.45, 7) is 2.56. The third-order valence-electron chi connectivity index (χ3n) is 3.01. The molecule has 0 amide bonds. The van der Waals surface area contributed by atoms with Crippen LogP contribution in [0.15, 0.2) is 47.6 Å². The third-order valence-corrected chi connectivity index (χ3v) is 3.20. The van der Waals surface area contributed by atoms with Gasteiger partial charge in [-0.05, 0) is 67.2 Å². The SMILES string of the molecule is CCOc1ccc(NC(=S)N/N=C\c2ccc(OC)c(O)c2)cc1. The summed E-state index contributed by atoms with van der Waals surface area (Å²) in [4.78, 5) is 0. The van der Waals surface area contributed by atoms with Crippen LogP contribution < -0.4 is 20.2 Å². The molecule has 2 rings (SSSR count). The lowest BCUT2D eigenvalue weighted by Crippen LogP contribution is -2.23. The zero-order valence-electron chi connectivity index (χ0n) is 13.4. The van der Waals surface area contributed by atoms with E-state index < -0.39 is 0 Å². The summed E-state index contributed by atoms with van der Waals surface area (Å²) in [7, 11) is 1.50. The number of hydrazone groups is 1. The lowest BCUT2D eigenvalue weighted by molar-refractivity contribution is 0.340. The Morgan fingerprint density at radius 1 is 1.25 bits per heavy atom. The molecule has 24 heavy (non-hydrogen) atoms. The number of ether oxygens (including phenoxy) is 2. The number of anilines is 1. The van der Waals surface area contributed by atoms with E-state index in [4.69, 9.17) is 21.7 Å². The summed E-state index contributed by atoms with van der Waals surface area (Å²) < 4.78 is 10.4. The van der Waals surface area contributed by atoms with E-state index in [-0.39, 0.29) is 5.75 Å². The van der Waals surface area contributed by atoms with Gasteiger partial charge >= 0.3 is 0 Å². The fraction of sp³-hybridized carbons (Fsp3) is 0.176. The first kappa shape index (κ1) is 17.6. The molecule has 126 valence electrons. The van der Waals surface area contributed by atoms with E-state index in [0.29, 0.717) is 23.0 Å². The van der Waals surface area contributed by atoms with Crippen LogP contribution in [0, 0.1) is 0 Å². The van der Waals surface area contributed by atoms with Gasteiger partial charge in [-0.1, -0.05) is 0 Å². The highest BCUT2D eigenvalue weighted by molar-refractivity contribution is 7.80. The smallest absolute Gasteiger partial charge is 0.191 e. The Morgan fingerprint density at radius 3 is 2.62 bits per heavy atom. The molecule has 0 aromatic heterocycles. The van der Waals surface area contributed by atoms with E-state index in [1.165, 1.54) is 7.11 Å². The topological polar surface area (TPSA) is 75.1 Å². The highest BCUT2D eigenvalue weighted by Crippen LogP contribution is 2.25. The van der Waals surface area contributed by atoms with Crippen LogP contribution >= 0.6 is 12.2 Å². The lowest BCUT2D eigenvalue weighted by Gasteiger charge is -2.08. The average molecular weight is 345 g/mol. The van der Waals surface area contributed by atoms with Crippen molar-refractivity contribution >= 4 is 29.2 Å². The van der Waals surface area contributed by atoms with Crippen molar-refractivity contribution in [3.8, 4) is 17.2 Å². The first-order valence-electron chi connectivity index (χ1n) is 7.32.